The maximum absolute atomic E-state index is 3.44. The topological polar surface area (TPSA) is 12.0 Å². The number of hydrogen-bond donors (Lipinski definition) is 1. The number of likely N-dealkylation sites (N-methyl/N-ethyl adjacent to an activating group) is 1. The van der Waals surface area contributed by atoms with E-state index in [2.05, 4.69) is 66.1 Å². The van der Waals surface area contributed by atoms with E-state index in [1.54, 1.807) is 0 Å². The van der Waals surface area contributed by atoms with Gasteiger partial charge in [0.1, 0.15) is 0 Å². The van der Waals surface area contributed by atoms with Gasteiger partial charge in [-0.3, -0.25) is 0 Å². The van der Waals surface area contributed by atoms with E-state index >= 15 is 0 Å². The average molecular weight is 345 g/mol. The van der Waals surface area contributed by atoms with Gasteiger partial charge in [0.15, 0.2) is 0 Å². The second kappa shape index (κ2) is 8.92. The summed E-state index contributed by atoms with van der Waals surface area (Å²) in [6.07, 6.45) is 7.87. The van der Waals surface area contributed by atoms with Crippen LogP contribution >= 0.6 is 22.6 Å². The fraction of sp³-hybridized carbons (Fsp3) is 0.600. The predicted octanol–water partition coefficient (Wildman–Crippen LogP) is 4.39. The first-order valence-electron chi connectivity index (χ1n) is 6.68. The van der Waals surface area contributed by atoms with Gasteiger partial charge in [0.2, 0.25) is 0 Å². The molecule has 96 valence electrons. The minimum atomic E-state index is 0.631. The quantitative estimate of drug-likeness (QED) is 0.544. The van der Waals surface area contributed by atoms with E-state index in [9.17, 15) is 0 Å². The Morgan fingerprint density at radius 2 is 1.82 bits per heavy atom. The van der Waals surface area contributed by atoms with Gasteiger partial charge in [0.05, 0.1) is 0 Å². The highest BCUT2D eigenvalue weighted by Gasteiger charge is 2.06. The molecule has 0 aliphatic rings. The van der Waals surface area contributed by atoms with E-state index in [-0.39, 0.29) is 0 Å². The van der Waals surface area contributed by atoms with Crippen LogP contribution in [0.15, 0.2) is 24.3 Å². The maximum Gasteiger partial charge on any atom is 0.0130 e. The van der Waals surface area contributed by atoms with Gasteiger partial charge in [-0.25, -0.2) is 0 Å². The molecule has 0 saturated carbocycles. The van der Waals surface area contributed by atoms with Gasteiger partial charge in [0, 0.05) is 9.61 Å². The SMILES string of the molecule is CCCCCCC(Cc1ccc(I)cc1)NC. The summed E-state index contributed by atoms with van der Waals surface area (Å²) in [5, 5.41) is 3.44. The maximum atomic E-state index is 3.44. The van der Waals surface area contributed by atoms with Crippen molar-refractivity contribution in [1.82, 2.24) is 5.32 Å². The molecule has 2 heteroatoms. The Morgan fingerprint density at radius 1 is 1.12 bits per heavy atom. The summed E-state index contributed by atoms with van der Waals surface area (Å²) in [6.45, 7) is 2.27. The van der Waals surface area contributed by atoms with Crippen molar-refractivity contribution in [3.63, 3.8) is 0 Å². The van der Waals surface area contributed by atoms with Gasteiger partial charge in [-0.05, 0) is 60.2 Å². The van der Waals surface area contributed by atoms with Crippen LogP contribution in [0.3, 0.4) is 0 Å². The predicted molar refractivity (Wildman–Crippen MR) is 84.5 cm³/mol. The van der Waals surface area contributed by atoms with Crippen LogP contribution in [0, 0.1) is 3.57 Å². The fourth-order valence-electron chi connectivity index (χ4n) is 2.07. The highest BCUT2D eigenvalue weighted by atomic mass is 127. The molecule has 1 rings (SSSR count). The van der Waals surface area contributed by atoms with Crippen molar-refractivity contribution in [2.24, 2.45) is 0 Å². The van der Waals surface area contributed by atoms with Crippen molar-refractivity contribution in [1.29, 1.82) is 0 Å². The van der Waals surface area contributed by atoms with Crippen molar-refractivity contribution in [2.75, 3.05) is 7.05 Å². The van der Waals surface area contributed by atoms with Gasteiger partial charge in [-0.1, -0.05) is 44.7 Å². The summed E-state index contributed by atoms with van der Waals surface area (Å²) in [7, 11) is 2.08. The molecule has 0 bridgehead atoms. The average Bonchev–Trinajstić information content (AvgIpc) is 2.35. The summed E-state index contributed by atoms with van der Waals surface area (Å²) in [4.78, 5) is 0. The van der Waals surface area contributed by atoms with E-state index in [4.69, 9.17) is 0 Å². The van der Waals surface area contributed by atoms with E-state index in [1.165, 1.54) is 41.2 Å². The molecule has 0 aromatic heterocycles. The highest BCUT2D eigenvalue weighted by Crippen LogP contribution is 2.12. The smallest absolute Gasteiger partial charge is 0.0130 e. The lowest BCUT2D eigenvalue weighted by Crippen LogP contribution is -2.27. The molecule has 17 heavy (non-hydrogen) atoms. The van der Waals surface area contributed by atoms with E-state index in [1.807, 2.05) is 0 Å². The Bertz CT molecular complexity index is 294. The third-order valence-corrected chi connectivity index (χ3v) is 3.93. The Hall–Kier alpha value is -0.0900. The van der Waals surface area contributed by atoms with E-state index < -0.39 is 0 Å². The van der Waals surface area contributed by atoms with Crippen molar-refractivity contribution in [3.05, 3.63) is 33.4 Å². The van der Waals surface area contributed by atoms with Crippen LogP contribution in [0.4, 0.5) is 0 Å². The number of unbranched alkanes of at least 4 members (excludes halogenated alkanes) is 3. The molecule has 0 fully saturated rings. The number of hydrogen-bond acceptors (Lipinski definition) is 1. The molecule has 0 aliphatic heterocycles. The second-order valence-electron chi connectivity index (χ2n) is 4.67. The third-order valence-electron chi connectivity index (χ3n) is 3.21. The summed E-state index contributed by atoms with van der Waals surface area (Å²) in [5.41, 5.74) is 1.44. The number of halogens is 1. The molecule has 0 heterocycles. The van der Waals surface area contributed by atoms with Crippen LogP contribution in [0.5, 0.6) is 0 Å². The Kier molecular flexibility index (Phi) is 7.86. The Balaban J connectivity index is 2.33. The lowest BCUT2D eigenvalue weighted by molar-refractivity contribution is 0.485. The van der Waals surface area contributed by atoms with Gasteiger partial charge in [-0.15, -0.1) is 0 Å². The lowest BCUT2D eigenvalue weighted by atomic mass is 10.0. The molecule has 0 spiro atoms. The monoisotopic (exact) mass is 345 g/mol. The first kappa shape index (κ1) is 15.0. The van der Waals surface area contributed by atoms with Crippen LogP contribution < -0.4 is 5.32 Å². The first-order valence-corrected chi connectivity index (χ1v) is 7.75. The van der Waals surface area contributed by atoms with Crippen LogP contribution in [0.25, 0.3) is 0 Å². The van der Waals surface area contributed by atoms with Gasteiger partial charge >= 0.3 is 0 Å². The van der Waals surface area contributed by atoms with Crippen LogP contribution in [0.2, 0.25) is 0 Å². The van der Waals surface area contributed by atoms with Gasteiger partial charge < -0.3 is 5.32 Å². The van der Waals surface area contributed by atoms with Crippen molar-refractivity contribution in [2.45, 2.75) is 51.5 Å². The minimum absolute atomic E-state index is 0.631. The number of benzene rings is 1. The molecular weight excluding hydrogens is 321 g/mol. The van der Waals surface area contributed by atoms with Gasteiger partial charge in [0.25, 0.3) is 0 Å². The number of rotatable bonds is 8. The second-order valence-corrected chi connectivity index (χ2v) is 5.91. The Labute approximate surface area is 120 Å². The molecule has 0 radical (unpaired) electrons. The van der Waals surface area contributed by atoms with E-state index in [0.717, 1.165) is 6.42 Å². The largest absolute Gasteiger partial charge is 0.317 e. The normalized spacial score (nSPS) is 12.6. The van der Waals surface area contributed by atoms with Crippen LogP contribution in [-0.4, -0.2) is 13.1 Å². The van der Waals surface area contributed by atoms with Crippen LogP contribution in [0.1, 0.15) is 44.6 Å². The van der Waals surface area contributed by atoms with E-state index in [0.29, 0.717) is 6.04 Å². The van der Waals surface area contributed by atoms with Crippen LogP contribution in [-0.2, 0) is 6.42 Å². The minimum Gasteiger partial charge on any atom is -0.317 e. The summed E-state index contributed by atoms with van der Waals surface area (Å²) in [6, 6.07) is 9.52. The molecule has 1 aromatic carbocycles. The Morgan fingerprint density at radius 3 is 2.41 bits per heavy atom. The molecule has 1 unspecified atom stereocenters. The summed E-state index contributed by atoms with van der Waals surface area (Å²) >= 11 is 2.36. The standard InChI is InChI=1S/C15H24IN/c1-3-4-5-6-7-15(17-2)12-13-8-10-14(16)11-9-13/h8-11,15,17H,3-7,12H2,1-2H3. The molecule has 1 atom stereocenters. The molecule has 0 aliphatic carbocycles. The molecule has 1 nitrogen and oxygen atoms in total. The summed E-state index contributed by atoms with van der Waals surface area (Å²) in [5.74, 6) is 0. The molecule has 0 saturated heterocycles. The van der Waals surface area contributed by atoms with Crippen molar-refractivity contribution >= 4 is 22.6 Å². The number of nitrogens with one attached hydrogen (secondary N) is 1. The fourth-order valence-corrected chi connectivity index (χ4v) is 2.43. The molecule has 1 aromatic rings. The van der Waals surface area contributed by atoms with Crippen molar-refractivity contribution < 1.29 is 0 Å². The first-order chi connectivity index (χ1) is 8.26. The third kappa shape index (κ3) is 6.41. The molecule has 0 amide bonds. The van der Waals surface area contributed by atoms with Crippen molar-refractivity contribution in [3.8, 4) is 0 Å². The zero-order valence-electron chi connectivity index (χ0n) is 11.0. The highest BCUT2D eigenvalue weighted by molar-refractivity contribution is 14.1. The molecular formula is C15H24IN. The lowest BCUT2D eigenvalue weighted by Gasteiger charge is -2.16. The zero-order chi connectivity index (χ0) is 12.5. The zero-order valence-corrected chi connectivity index (χ0v) is 13.2. The van der Waals surface area contributed by atoms with Gasteiger partial charge in [-0.2, -0.15) is 0 Å². The molecule has 1 N–H and O–H groups in total. The summed E-state index contributed by atoms with van der Waals surface area (Å²) < 4.78 is 1.32.